The Bertz CT molecular complexity index is 804. The first kappa shape index (κ1) is 15.7. The van der Waals surface area contributed by atoms with Crippen LogP contribution in [0.2, 0.25) is 0 Å². The van der Waals surface area contributed by atoms with Crippen molar-refractivity contribution in [2.75, 3.05) is 7.11 Å². The molecule has 0 spiro atoms. The first-order valence-corrected chi connectivity index (χ1v) is 8.38. The molecular weight excluding hydrogens is 318 g/mol. The number of esters is 1. The SMILES string of the molecule is COC(=O)[C@@H]1Cc2ccccc2[C@H]2C[C@@H](c3ccccc3)OC(=O)N21. The maximum atomic E-state index is 12.7. The lowest BCUT2D eigenvalue weighted by Gasteiger charge is -2.45. The van der Waals surface area contributed by atoms with Crippen LogP contribution in [0.15, 0.2) is 54.6 Å². The summed E-state index contributed by atoms with van der Waals surface area (Å²) in [6.45, 7) is 0. The molecule has 5 nitrogen and oxygen atoms in total. The van der Waals surface area contributed by atoms with E-state index in [-0.39, 0.29) is 12.1 Å². The topological polar surface area (TPSA) is 55.8 Å². The highest BCUT2D eigenvalue weighted by Gasteiger charge is 2.47. The van der Waals surface area contributed by atoms with Crippen molar-refractivity contribution >= 4 is 12.1 Å². The average molecular weight is 337 g/mol. The van der Waals surface area contributed by atoms with Crippen molar-refractivity contribution in [2.24, 2.45) is 0 Å². The van der Waals surface area contributed by atoms with Gasteiger partial charge in [-0.05, 0) is 16.7 Å². The van der Waals surface area contributed by atoms with E-state index >= 15 is 0 Å². The predicted molar refractivity (Wildman–Crippen MR) is 90.8 cm³/mol. The Morgan fingerprint density at radius 2 is 1.84 bits per heavy atom. The number of hydrogen-bond acceptors (Lipinski definition) is 4. The second kappa shape index (κ2) is 6.24. The van der Waals surface area contributed by atoms with Crippen molar-refractivity contribution in [1.82, 2.24) is 4.90 Å². The van der Waals surface area contributed by atoms with Crippen LogP contribution in [0.1, 0.15) is 35.3 Å². The first-order chi connectivity index (χ1) is 12.2. The summed E-state index contributed by atoms with van der Waals surface area (Å²) in [5, 5.41) is 0. The number of nitrogens with zero attached hydrogens (tertiary/aromatic N) is 1. The fraction of sp³-hybridized carbons (Fsp3) is 0.300. The van der Waals surface area contributed by atoms with Gasteiger partial charge >= 0.3 is 12.1 Å². The van der Waals surface area contributed by atoms with E-state index in [0.29, 0.717) is 12.8 Å². The molecule has 3 atom stereocenters. The Morgan fingerprint density at radius 1 is 1.12 bits per heavy atom. The Hall–Kier alpha value is -2.82. The van der Waals surface area contributed by atoms with Gasteiger partial charge in [0.05, 0.1) is 13.2 Å². The van der Waals surface area contributed by atoms with Gasteiger partial charge in [-0.15, -0.1) is 0 Å². The molecule has 128 valence electrons. The molecule has 0 unspecified atom stereocenters. The Kier molecular flexibility index (Phi) is 3.92. The fourth-order valence-corrected chi connectivity index (χ4v) is 3.85. The van der Waals surface area contributed by atoms with Crippen LogP contribution in [0.3, 0.4) is 0 Å². The van der Waals surface area contributed by atoms with Gasteiger partial charge in [0, 0.05) is 12.8 Å². The highest BCUT2D eigenvalue weighted by Crippen LogP contribution is 2.44. The summed E-state index contributed by atoms with van der Waals surface area (Å²) in [7, 11) is 1.35. The molecule has 1 fully saturated rings. The third-order valence-electron chi connectivity index (χ3n) is 5.03. The van der Waals surface area contributed by atoms with Crippen molar-refractivity contribution in [1.29, 1.82) is 0 Å². The molecule has 0 radical (unpaired) electrons. The van der Waals surface area contributed by atoms with Gasteiger partial charge in [-0.1, -0.05) is 54.6 Å². The van der Waals surface area contributed by atoms with E-state index in [1.165, 1.54) is 7.11 Å². The summed E-state index contributed by atoms with van der Waals surface area (Å²) in [6.07, 6.45) is 0.277. The van der Waals surface area contributed by atoms with Crippen LogP contribution in [-0.2, 0) is 20.7 Å². The van der Waals surface area contributed by atoms with Gasteiger partial charge in [0.2, 0.25) is 0 Å². The number of carbonyl (C=O) groups excluding carboxylic acids is 2. The molecule has 0 aromatic heterocycles. The molecule has 5 heteroatoms. The zero-order valence-electron chi connectivity index (χ0n) is 13.9. The van der Waals surface area contributed by atoms with Gasteiger partial charge in [0.1, 0.15) is 12.1 Å². The lowest BCUT2D eigenvalue weighted by molar-refractivity contribution is -0.149. The molecule has 0 bridgehead atoms. The number of ether oxygens (including phenoxy) is 2. The fourth-order valence-electron chi connectivity index (χ4n) is 3.85. The first-order valence-electron chi connectivity index (χ1n) is 8.38. The van der Waals surface area contributed by atoms with Gasteiger partial charge in [-0.2, -0.15) is 0 Å². The van der Waals surface area contributed by atoms with Crippen LogP contribution in [0, 0.1) is 0 Å². The summed E-state index contributed by atoms with van der Waals surface area (Å²) < 4.78 is 10.6. The summed E-state index contributed by atoms with van der Waals surface area (Å²) in [6, 6.07) is 16.8. The Labute approximate surface area is 146 Å². The van der Waals surface area contributed by atoms with Crippen LogP contribution in [0.5, 0.6) is 0 Å². The zero-order chi connectivity index (χ0) is 17.4. The van der Waals surface area contributed by atoms with E-state index in [0.717, 1.165) is 16.7 Å². The number of methoxy groups -OCH3 is 1. The summed E-state index contributed by atoms with van der Waals surface area (Å²) in [5.74, 6) is -0.408. The normalized spacial score (nSPS) is 24.8. The maximum absolute atomic E-state index is 12.7. The molecule has 0 N–H and O–H groups in total. The third-order valence-corrected chi connectivity index (χ3v) is 5.03. The smallest absolute Gasteiger partial charge is 0.411 e. The molecule has 0 saturated carbocycles. The van der Waals surface area contributed by atoms with Crippen molar-refractivity contribution < 1.29 is 19.1 Å². The molecule has 2 heterocycles. The van der Waals surface area contributed by atoms with E-state index < -0.39 is 18.1 Å². The van der Waals surface area contributed by atoms with E-state index in [1.807, 2.05) is 54.6 Å². The predicted octanol–water partition coefficient (Wildman–Crippen LogP) is 3.41. The molecule has 0 aliphatic carbocycles. The number of cyclic esters (lactones) is 1. The van der Waals surface area contributed by atoms with Crippen molar-refractivity contribution in [3.63, 3.8) is 0 Å². The lowest BCUT2D eigenvalue weighted by Crippen LogP contribution is -2.54. The third kappa shape index (κ3) is 2.65. The van der Waals surface area contributed by atoms with Crippen LogP contribution >= 0.6 is 0 Å². The second-order valence-electron chi connectivity index (χ2n) is 6.38. The van der Waals surface area contributed by atoms with E-state index in [1.54, 1.807) is 4.90 Å². The van der Waals surface area contributed by atoms with Crippen LogP contribution in [-0.4, -0.2) is 30.1 Å². The molecule has 4 rings (SSSR count). The van der Waals surface area contributed by atoms with Crippen molar-refractivity contribution in [3.8, 4) is 0 Å². The lowest BCUT2D eigenvalue weighted by atomic mass is 9.84. The molecule has 2 aliphatic rings. The minimum absolute atomic E-state index is 0.194. The van der Waals surface area contributed by atoms with Gasteiger partial charge < -0.3 is 9.47 Å². The maximum Gasteiger partial charge on any atom is 0.411 e. The monoisotopic (exact) mass is 337 g/mol. The van der Waals surface area contributed by atoms with Crippen molar-refractivity contribution in [3.05, 3.63) is 71.3 Å². The molecule has 1 saturated heterocycles. The highest BCUT2D eigenvalue weighted by atomic mass is 16.6. The molecule has 2 aliphatic heterocycles. The van der Waals surface area contributed by atoms with Gasteiger partial charge in [-0.3, -0.25) is 4.90 Å². The van der Waals surface area contributed by atoms with Crippen LogP contribution < -0.4 is 0 Å². The molecule has 2 aromatic rings. The molecule has 2 aromatic carbocycles. The summed E-state index contributed by atoms with van der Waals surface area (Å²) in [4.78, 5) is 26.6. The van der Waals surface area contributed by atoms with Crippen LogP contribution in [0.25, 0.3) is 0 Å². The number of rotatable bonds is 2. The number of benzene rings is 2. The summed E-state index contributed by atoms with van der Waals surface area (Å²) in [5.41, 5.74) is 3.13. The second-order valence-corrected chi connectivity index (χ2v) is 6.38. The van der Waals surface area contributed by atoms with Gasteiger partial charge in [-0.25, -0.2) is 9.59 Å². The summed E-state index contributed by atoms with van der Waals surface area (Å²) >= 11 is 0. The molecule has 25 heavy (non-hydrogen) atoms. The minimum Gasteiger partial charge on any atom is -0.467 e. The molecule has 1 amide bonds. The van der Waals surface area contributed by atoms with Gasteiger partial charge in [0.15, 0.2) is 0 Å². The van der Waals surface area contributed by atoms with E-state index in [4.69, 9.17) is 9.47 Å². The van der Waals surface area contributed by atoms with E-state index in [9.17, 15) is 9.59 Å². The number of amides is 1. The van der Waals surface area contributed by atoms with E-state index in [2.05, 4.69) is 0 Å². The Morgan fingerprint density at radius 3 is 2.60 bits per heavy atom. The number of fused-ring (bicyclic) bond motifs is 3. The number of hydrogen-bond donors (Lipinski definition) is 0. The minimum atomic E-state index is -0.644. The van der Waals surface area contributed by atoms with Crippen molar-refractivity contribution in [2.45, 2.75) is 31.0 Å². The van der Waals surface area contributed by atoms with Crippen LogP contribution in [0.4, 0.5) is 4.79 Å². The standard InChI is InChI=1S/C20H19NO4/c1-24-19(22)17-11-14-9-5-6-10-15(14)16-12-18(25-20(23)21(16)17)13-7-3-2-4-8-13/h2-10,16-18H,11-12H2,1H3/t16-,17+,18+/m1/s1. The zero-order valence-corrected chi connectivity index (χ0v) is 13.9. The largest absolute Gasteiger partial charge is 0.467 e. The average Bonchev–Trinajstić information content (AvgIpc) is 2.67. The molecular formula is C20H19NO4. The van der Waals surface area contributed by atoms with Gasteiger partial charge in [0.25, 0.3) is 0 Å². The highest BCUT2D eigenvalue weighted by molar-refractivity contribution is 5.83. The number of carbonyl (C=O) groups is 2. The Balaban J connectivity index is 1.75. The quantitative estimate of drug-likeness (QED) is 0.788.